The molecule has 8 bridgehead atoms. The van der Waals surface area contributed by atoms with Gasteiger partial charge in [-0.15, -0.1) is 0 Å². The summed E-state index contributed by atoms with van der Waals surface area (Å²) in [4.78, 5) is 0. The van der Waals surface area contributed by atoms with Crippen LogP contribution in [0.3, 0.4) is 0 Å². The van der Waals surface area contributed by atoms with Crippen molar-refractivity contribution in [2.75, 3.05) is 6.54 Å². The number of nitrogens with two attached hydrogens (primary N) is 1. The molecule has 9 nitrogen and oxygen atoms in total. The second kappa shape index (κ2) is 17.5. The number of alkyl halides is 3. The number of hydrogen-bond acceptors (Lipinski definition) is 9. The van der Waals surface area contributed by atoms with E-state index in [0.29, 0.717) is 49.3 Å². The van der Waals surface area contributed by atoms with Crippen LogP contribution in [-0.4, -0.2) is 62.0 Å². The molecular formula is C34H60F3I2N9Zn. The number of nitrogens with one attached hydrogen (secondary N) is 8. The molecule has 5 saturated heterocycles. The summed E-state index contributed by atoms with van der Waals surface area (Å²) in [7, 11) is 0.0650. The Morgan fingerprint density at radius 1 is 0.408 bits per heavy atom. The van der Waals surface area contributed by atoms with E-state index in [2.05, 4.69) is 87.8 Å². The van der Waals surface area contributed by atoms with Crippen LogP contribution in [0.15, 0.2) is 0 Å². The van der Waals surface area contributed by atoms with Gasteiger partial charge in [0, 0.05) is 0 Å². The van der Waals surface area contributed by atoms with Gasteiger partial charge < -0.3 is 5.73 Å². The zero-order valence-corrected chi connectivity index (χ0v) is 36.2. The molecule has 0 amide bonds. The van der Waals surface area contributed by atoms with Crippen LogP contribution in [0.2, 0.25) is 0 Å². The predicted molar refractivity (Wildman–Crippen MR) is 200 cm³/mol. The third-order valence-corrected chi connectivity index (χ3v) is 14.0. The maximum absolute atomic E-state index is 10.7. The number of fused-ring (bicyclic) bond motifs is 20. The van der Waals surface area contributed by atoms with Crippen molar-refractivity contribution in [1.82, 2.24) is 42.5 Å². The third kappa shape index (κ3) is 8.83. The molecule has 0 spiro atoms. The second-order valence-corrected chi connectivity index (χ2v) is 40.0. The topological polar surface area (TPSA) is 122 Å². The number of rotatable bonds is 0. The van der Waals surface area contributed by atoms with Gasteiger partial charge in [-0.05, 0) is 98.7 Å². The Morgan fingerprint density at radius 2 is 0.531 bits per heavy atom. The Labute approximate surface area is 320 Å². The van der Waals surface area contributed by atoms with E-state index in [0.717, 1.165) is 47.3 Å². The Morgan fingerprint density at radius 3 is 0.633 bits per heavy atom. The summed E-state index contributed by atoms with van der Waals surface area (Å²) in [6.45, 7) is -1.23. The molecular weight excluding hydrogens is 911 g/mol. The summed E-state index contributed by atoms with van der Waals surface area (Å²) >= 11 is 4.93. The monoisotopic (exact) mass is 969 g/mol. The Bertz CT molecular complexity index is 861. The average Bonchev–Trinajstić information content (AvgIpc) is 3.84. The molecule has 10 N–H and O–H groups in total. The molecule has 4 aliphatic carbocycles. The molecule has 278 valence electrons. The van der Waals surface area contributed by atoms with Crippen molar-refractivity contribution in [2.45, 2.75) is 158 Å². The molecule has 0 radical (unpaired) electrons. The summed E-state index contributed by atoms with van der Waals surface area (Å²) in [5.41, 5.74) is 4.18. The predicted octanol–water partition coefficient (Wildman–Crippen LogP) is 4.88. The Balaban J connectivity index is 0.000000378. The maximum atomic E-state index is 10.7. The summed E-state index contributed by atoms with van der Waals surface area (Å²) < 4.78 is 32.0. The van der Waals surface area contributed by atoms with Crippen molar-refractivity contribution in [3.05, 3.63) is 0 Å². The van der Waals surface area contributed by atoms with Crippen LogP contribution in [-0.2, 0) is 10.1 Å². The molecule has 0 aromatic heterocycles. The van der Waals surface area contributed by atoms with E-state index in [9.17, 15) is 13.2 Å². The van der Waals surface area contributed by atoms with Gasteiger partial charge in [-0.2, -0.15) is 13.2 Å². The van der Waals surface area contributed by atoms with E-state index >= 15 is 0 Å². The summed E-state index contributed by atoms with van der Waals surface area (Å²) in [6, 6.07) is 0. The standard InChI is InChI=1S/C32H56N8.C2H4F3N.2HI.Zn/c1-2-10-18-17(9-1)25-33-26(18)38-28-21-13-5-6-14-22(21)30(35-28)40-32-24-16-8-7-15-23(24)31(36-32)39-29-20-12-4-3-11-19(20)27(34-29)37-25;3-2(4,5)1-6;;;/h17-40H,1-16H2;1,6H2;2*1H;/q;;;;+2/p-2. The Hall–Kier alpha value is 1.51. The van der Waals surface area contributed by atoms with E-state index in [4.69, 9.17) is 0 Å². The molecule has 0 aromatic carbocycles. The zero-order chi connectivity index (χ0) is 34.1. The molecule has 9 fully saturated rings. The zero-order valence-electron chi connectivity index (χ0n) is 28.9. The molecule has 8 unspecified atom stereocenters. The van der Waals surface area contributed by atoms with Crippen LogP contribution in [0.4, 0.5) is 13.2 Å². The summed E-state index contributed by atoms with van der Waals surface area (Å²) in [6.07, 6.45) is 21.4. The normalized spacial score (nSPS) is 48.7. The van der Waals surface area contributed by atoms with Gasteiger partial charge in [0.05, 0.1) is 55.9 Å². The average molecular weight is 971 g/mol. The van der Waals surface area contributed by atoms with Crippen LogP contribution >= 0.6 is 39.5 Å². The first-order valence-electron chi connectivity index (χ1n) is 19.7. The molecule has 8 atom stereocenters. The van der Waals surface area contributed by atoms with Crippen molar-refractivity contribution in [1.29, 1.82) is 0 Å². The van der Waals surface area contributed by atoms with E-state index in [1.165, 1.54) is 103 Å². The minimum atomic E-state index is -4.18. The first-order valence-corrected chi connectivity index (χ1v) is 37.8. The van der Waals surface area contributed by atoms with Gasteiger partial charge in [0.25, 0.3) is 0 Å². The van der Waals surface area contributed by atoms with Gasteiger partial charge >= 0.3 is 55.8 Å². The van der Waals surface area contributed by atoms with Crippen LogP contribution < -0.4 is 48.3 Å². The fourth-order valence-electron chi connectivity index (χ4n) is 12.0. The van der Waals surface area contributed by atoms with Crippen LogP contribution in [0.25, 0.3) is 0 Å². The van der Waals surface area contributed by atoms with Crippen LogP contribution in [0.1, 0.15) is 103 Å². The van der Waals surface area contributed by atoms with Crippen molar-refractivity contribution in [2.24, 2.45) is 53.1 Å². The molecule has 15 heteroatoms. The molecule has 49 heavy (non-hydrogen) atoms. The number of halogens is 5. The fraction of sp³-hybridized carbons (Fsp3) is 1.00. The summed E-state index contributed by atoms with van der Waals surface area (Å²) in [5.74, 6) is 5.97. The minimum absolute atomic E-state index is 0.0650. The first-order chi connectivity index (χ1) is 23.8. The van der Waals surface area contributed by atoms with E-state index < -0.39 is 12.7 Å². The second-order valence-electron chi connectivity index (χ2n) is 16.5. The third-order valence-electron chi connectivity index (χ3n) is 14.0. The van der Waals surface area contributed by atoms with Gasteiger partial charge in [-0.3, -0.25) is 42.5 Å². The molecule has 4 saturated carbocycles. The summed E-state index contributed by atoms with van der Waals surface area (Å²) in [5, 5.41) is 33.8. The number of hydrogen-bond donors (Lipinski definition) is 9. The molecule has 9 aliphatic rings. The van der Waals surface area contributed by atoms with Crippen molar-refractivity contribution < 1.29 is 23.3 Å². The van der Waals surface area contributed by atoms with E-state index in [1.807, 2.05) is 0 Å². The fourth-order valence-corrected chi connectivity index (χ4v) is 12.0. The van der Waals surface area contributed by atoms with Crippen molar-refractivity contribution in [3.63, 3.8) is 0 Å². The van der Waals surface area contributed by atoms with Crippen LogP contribution in [0, 0.1) is 47.3 Å². The van der Waals surface area contributed by atoms with Crippen molar-refractivity contribution >= 4 is 39.5 Å². The van der Waals surface area contributed by atoms with E-state index in [1.54, 1.807) is 0 Å². The molecule has 5 heterocycles. The van der Waals surface area contributed by atoms with Gasteiger partial charge in [0.1, 0.15) is 0 Å². The van der Waals surface area contributed by atoms with Gasteiger partial charge in [0.15, 0.2) is 0 Å². The molecule has 9 rings (SSSR count). The van der Waals surface area contributed by atoms with Gasteiger partial charge in [0.2, 0.25) is 0 Å². The van der Waals surface area contributed by atoms with Crippen molar-refractivity contribution in [3.8, 4) is 0 Å². The Kier molecular flexibility index (Phi) is 13.9. The van der Waals surface area contributed by atoms with E-state index in [-0.39, 0.29) is 10.1 Å². The first kappa shape index (κ1) is 38.8. The quantitative estimate of drug-likeness (QED) is 0.124. The van der Waals surface area contributed by atoms with Crippen LogP contribution in [0.5, 0.6) is 0 Å². The van der Waals surface area contributed by atoms with Gasteiger partial charge in [-0.1, -0.05) is 51.4 Å². The van der Waals surface area contributed by atoms with Gasteiger partial charge in [-0.25, -0.2) is 0 Å². The SMILES string of the molecule is C1CCC2C3NC(NC4NC(NC5NC(NC6NC(N3)C3CCCCC63)C3CCCCC53)C3CCCCC43)C2C1.NCC(F)(F)F.[I][Zn][I]. The molecule has 0 aromatic rings. The molecule has 5 aliphatic heterocycles.